The Morgan fingerprint density at radius 3 is 2.91 bits per heavy atom. The van der Waals surface area contributed by atoms with Crippen LogP contribution in [0.5, 0.6) is 0 Å². The Kier molecular flexibility index (Phi) is 2.44. The molecule has 0 atom stereocenters. The second-order valence-electron chi connectivity index (χ2n) is 2.15. The van der Waals surface area contributed by atoms with Crippen molar-refractivity contribution >= 4 is 29.2 Å². The first-order valence-corrected chi connectivity index (χ1v) is 3.55. The van der Waals surface area contributed by atoms with Crippen molar-refractivity contribution in [3.63, 3.8) is 0 Å². The topological polar surface area (TPSA) is 34.1 Å². The van der Waals surface area contributed by atoms with Gasteiger partial charge in [0.2, 0.25) is 5.78 Å². The van der Waals surface area contributed by atoms with Crippen LogP contribution in [-0.2, 0) is 9.59 Å². The van der Waals surface area contributed by atoms with Crippen LogP contribution >= 0.6 is 12.2 Å². The van der Waals surface area contributed by atoms with Gasteiger partial charge in [0.15, 0.2) is 6.29 Å². The molecular formula is C8H6O2S. The van der Waals surface area contributed by atoms with Gasteiger partial charge in [-0.15, -0.1) is 0 Å². The molecule has 0 aromatic heterocycles. The highest BCUT2D eigenvalue weighted by atomic mass is 32.1. The van der Waals surface area contributed by atoms with E-state index in [0.717, 1.165) is 0 Å². The maximum atomic E-state index is 10.8. The van der Waals surface area contributed by atoms with Crippen molar-refractivity contribution in [2.45, 2.75) is 6.42 Å². The summed E-state index contributed by atoms with van der Waals surface area (Å²) in [6.45, 7) is 0. The molecular weight excluding hydrogens is 160 g/mol. The average Bonchev–Trinajstić information content (AvgIpc) is 2.03. The van der Waals surface area contributed by atoms with Crippen LogP contribution in [0.4, 0.5) is 0 Å². The Hall–Kier alpha value is -1.09. The monoisotopic (exact) mass is 166 g/mol. The molecule has 0 amide bonds. The Balaban J connectivity index is 2.87. The summed E-state index contributed by atoms with van der Waals surface area (Å²) < 4.78 is 0. The van der Waals surface area contributed by atoms with E-state index in [2.05, 4.69) is 0 Å². The summed E-state index contributed by atoms with van der Waals surface area (Å²) in [6, 6.07) is 0. The Bertz CT molecular complexity index is 274. The lowest BCUT2D eigenvalue weighted by atomic mass is 10.0. The fourth-order valence-corrected chi connectivity index (χ4v) is 1.03. The van der Waals surface area contributed by atoms with Gasteiger partial charge >= 0.3 is 0 Å². The van der Waals surface area contributed by atoms with Gasteiger partial charge in [0.05, 0.1) is 0 Å². The maximum absolute atomic E-state index is 10.8. The van der Waals surface area contributed by atoms with E-state index < -0.39 is 5.78 Å². The van der Waals surface area contributed by atoms with Crippen molar-refractivity contribution in [1.82, 2.24) is 0 Å². The highest BCUT2D eigenvalue weighted by Crippen LogP contribution is 2.08. The van der Waals surface area contributed by atoms with Gasteiger partial charge in [-0.1, -0.05) is 24.4 Å². The fourth-order valence-electron chi connectivity index (χ4n) is 0.804. The smallest absolute Gasteiger partial charge is 0.225 e. The molecule has 1 aliphatic carbocycles. The quantitative estimate of drug-likeness (QED) is 0.349. The van der Waals surface area contributed by atoms with Crippen LogP contribution in [0.3, 0.4) is 0 Å². The summed E-state index contributed by atoms with van der Waals surface area (Å²) in [5.41, 5.74) is 0.385. The summed E-state index contributed by atoms with van der Waals surface area (Å²) >= 11 is 4.85. The summed E-state index contributed by atoms with van der Waals surface area (Å²) in [4.78, 5) is 21.5. The molecule has 0 saturated carbocycles. The third-order valence-electron chi connectivity index (χ3n) is 1.32. The van der Waals surface area contributed by atoms with Crippen molar-refractivity contribution < 1.29 is 9.59 Å². The van der Waals surface area contributed by atoms with E-state index in [4.69, 9.17) is 12.2 Å². The van der Waals surface area contributed by atoms with Crippen LogP contribution in [0.25, 0.3) is 0 Å². The van der Waals surface area contributed by atoms with Gasteiger partial charge in [0.1, 0.15) is 0 Å². The van der Waals surface area contributed by atoms with Gasteiger partial charge in [-0.3, -0.25) is 9.59 Å². The predicted octanol–water partition coefficient (Wildman–Crippen LogP) is 1.01. The van der Waals surface area contributed by atoms with Crippen LogP contribution in [0.2, 0.25) is 0 Å². The zero-order valence-electron chi connectivity index (χ0n) is 5.74. The van der Waals surface area contributed by atoms with Gasteiger partial charge in [0, 0.05) is 16.9 Å². The minimum atomic E-state index is -0.511. The highest BCUT2D eigenvalue weighted by molar-refractivity contribution is 7.80. The molecule has 0 spiro atoms. The zero-order valence-corrected chi connectivity index (χ0v) is 6.56. The van der Waals surface area contributed by atoms with Crippen LogP contribution in [-0.4, -0.2) is 16.9 Å². The van der Waals surface area contributed by atoms with E-state index in [1.54, 1.807) is 18.2 Å². The van der Waals surface area contributed by atoms with E-state index in [9.17, 15) is 9.59 Å². The fraction of sp³-hybridized carbons (Fsp3) is 0.125. The number of allylic oxidation sites excluding steroid dienone is 4. The summed E-state index contributed by atoms with van der Waals surface area (Å²) in [5, 5.41) is 0. The average molecular weight is 166 g/mol. The van der Waals surface area contributed by atoms with Gasteiger partial charge in [-0.05, 0) is 6.08 Å². The molecule has 0 unspecified atom stereocenters. The highest BCUT2D eigenvalue weighted by Gasteiger charge is 2.08. The summed E-state index contributed by atoms with van der Waals surface area (Å²) in [5.74, 6) is -0.511. The largest absolute Gasteiger partial charge is 0.294 e. The molecule has 3 heteroatoms. The molecule has 0 aromatic carbocycles. The molecule has 0 fully saturated rings. The number of rotatable bonds is 2. The number of hydrogen-bond donors (Lipinski definition) is 0. The number of ketones is 1. The number of carbonyl (C=O) groups is 2. The number of aldehydes is 1. The molecule has 0 heterocycles. The van der Waals surface area contributed by atoms with E-state index in [1.165, 1.54) is 0 Å². The van der Waals surface area contributed by atoms with Crippen LogP contribution in [0.15, 0.2) is 23.8 Å². The molecule has 2 nitrogen and oxygen atoms in total. The first-order valence-electron chi connectivity index (χ1n) is 3.14. The van der Waals surface area contributed by atoms with Gasteiger partial charge in [0.25, 0.3) is 0 Å². The lowest BCUT2D eigenvalue weighted by molar-refractivity contribution is -0.127. The van der Waals surface area contributed by atoms with E-state index in [0.29, 0.717) is 23.1 Å². The molecule has 11 heavy (non-hydrogen) atoms. The standard InChI is InChI=1S/C8H6O2S/c9-5-8(10)6-2-1-3-7(11)4-6/h1-2,4-5H,3H2. The molecule has 0 aliphatic heterocycles. The minimum Gasteiger partial charge on any atom is -0.294 e. The van der Waals surface area contributed by atoms with Gasteiger partial charge < -0.3 is 0 Å². The third kappa shape index (κ3) is 1.91. The van der Waals surface area contributed by atoms with Crippen molar-refractivity contribution in [3.8, 4) is 0 Å². The molecule has 0 aromatic rings. The van der Waals surface area contributed by atoms with Gasteiger partial charge in [-0.25, -0.2) is 0 Å². The zero-order chi connectivity index (χ0) is 8.27. The van der Waals surface area contributed by atoms with Crippen molar-refractivity contribution in [2.75, 3.05) is 0 Å². The van der Waals surface area contributed by atoms with Crippen LogP contribution < -0.4 is 0 Å². The molecule has 1 rings (SSSR count). The third-order valence-corrected chi connectivity index (χ3v) is 1.61. The van der Waals surface area contributed by atoms with Crippen molar-refractivity contribution in [3.05, 3.63) is 23.8 Å². The lowest BCUT2D eigenvalue weighted by Gasteiger charge is -2.01. The van der Waals surface area contributed by atoms with E-state index >= 15 is 0 Å². The summed E-state index contributed by atoms with van der Waals surface area (Å²) in [6.07, 6.45) is 5.94. The maximum Gasteiger partial charge on any atom is 0.225 e. The number of Topliss-reactive ketones (excluding diaryl/α,β-unsaturated/α-hetero) is 1. The molecule has 0 N–H and O–H groups in total. The molecule has 1 aliphatic rings. The first kappa shape index (κ1) is 8.01. The number of thiocarbonyl (C=S) groups is 1. The van der Waals surface area contributed by atoms with E-state index in [1.807, 2.05) is 0 Å². The Labute approximate surface area is 69.6 Å². The summed E-state index contributed by atoms with van der Waals surface area (Å²) in [7, 11) is 0. The van der Waals surface area contributed by atoms with Crippen LogP contribution in [0.1, 0.15) is 6.42 Å². The Morgan fingerprint density at radius 2 is 2.36 bits per heavy atom. The predicted molar refractivity (Wildman–Crippen MR) is 45.5 cm³/mol. The molecule has 0 radical (unpaired) electrons. The number of carbonyl (C=O) groups excluding carboxylic acids is 2. The minimum absolute atomic E-state index is 0.296. The molecule has 0 bridgehead atoms. The second-order valence-corrected chi connectivity index (χ2v) is 2.68. The van der Waals surface area contributed by atoms with Gasteiger partial charge in [-0.2, -0.15) is 0 Å². The number of hydrogen-bond acceptors (Lipinski definition) is 3. The normalized spacial score (nSPS) is 16.0. The second kappa shape index (κ2) is 3.34. The first-order chi connectivity index (χ1) is 5.24. The van der Waals surface area contributed by atoms with Crippen LogP contribution in [0, 0.1) is 0 Å². The molecule has 0 saturated heterocycles. The Morgan fingerprint density at radius 1 is 1.64 bits per heavy atom. The van der Waals surface area contributed by atoms with E-state index in [-0.39, 0.29) is 0 Å². The SMILES string of the molecule is O=CC(=O)C1=CC(=S)CC=C1. The van der Waals surface area contributed by atoms with Crippen molar-refractivity contribution in [1.29, 1.82) is 0 Å². The lowest BCUT2D eigenvalue weighted by Crippen LogP contribution is -2.06. The van der Waals surface area contributed by atoms with Crippen molar-refractivity contribution in [2.24, 2.45) is 0 Å². The molecule has 56 valence electrons.